The molecule has 0 aliphatic carbocycles. The molecule has 1 aliphatic rings. The second-order valence-electron chi connectivity index (χ2n) is 4.90. The zero-order valence-corrected chi connectivity index (χ0v) is 13.5. The Labute approximate surface area is 142 Å². The van der Waals surface area contributed by atoms with Gasteiger partial charge in [0.25, 0.3) is 11.8 Å². The molecule has 3 nitrogen and oxygen atoms in total. The first-order chi connectivity index (χ1) is 10.5. The van der Waals surface area contributed by atoms with E-state index in [1.807, 2.05) is 0 Å². The Kier molecular flexibility index (Phi) is 4.13. The molecule has 1 unspecified atom stereocenters. The Morgan fingerprint density at radius 2 is 1.55 bits per heavy atom. The average molecular weight is 355 g/mol. The van der Waals surface area contributed by atoms with Crippen molar-refractivity contribution in [1.29, 1.82) is 0 Å². The second kappa shape index (κ2) is 5.92. The number of rotatable bonds is 3. The van der Waals surface area contributed by atoms with Crippen LogP contribution in [0.15, 0.2) is 42.5 Å². The fourth-order valence-electron chi connectivity index (χ4n) is 2.42. The number of fused-ring (bicyclic) bond motifs is 1. The monoisotopic (exact) mass is 353 g/mol. The van der Waals surface area contributed by atoms with Gasteiger partial charge in [-0.2, -0.15) is 0 Å². The molecule has 1 heterocycles. The molecule has 0 aromatic heterocycles. The quantitative estimate of drug-likeness (QED) is 0.465. The molecule has 2 aromatic carbocycles. The summed E-state index contributed by atoms with van der Waals surface area (Å²) < 4.78 is 0. The van der Waals surface area contributed by atoms with E-state index < -0.39 is 5.50 Å². The number of hydrogen-bond acceptors (Lipinski definition) is 2. The van der Waals surface area contributed by atoms with Crippen LogP contribution in [-0.4, -0.2) is 22.2 Å². The molecule has 1 atom stereocenters. The highest BCUT2D eigenvalue weighted by Crippen LogP contribution is 2.29. The number of imide groups is 1. The van der Waals surface area contributed by atoms with E-state index in [1.54, 1.807) is 42.5 Å². The predicted octanol–water partition coefficient (Wildman–Crippen LogP) is 4.40. The van der Waals surface area contributed by atoms with E-state index >= 15 is 0 Å². The molecule has 22 heavy (non-hydrogen) atoms. The molecule has 0 spiro atoms. The Hall–Kier alpha value is -1.55. The highest BCUT2D eigenvalue weighted by Gasteiger charge is 2.39. The van der Waals surface area contributed by atoms with E-state index in [1.165, 1.54) is 0 Å². The topological polar surface area (TPSA) is 37.4 Å². The number of alkyl halides is 1. The van der Waals surface area contributed by atoms with Crippen molar-refractivity contribution < 1.29 is 9.59 Å². The van der Waals surface area contributed by atoms with Gasteiger partial charge in [0.05, 0.1) is 11.1 Å². The number of hydrogen-bond donors (Lipinski definition) is 0. The highest BCUT2D eigenvalue weighted by molar-refractivity contribution is 6.35. The Balaban J connectivity index is 1.86. The summed E-state index contributed by atoms with van der Waals surface area (Å²) in [5.74, 6) is -0.767. The van der Waals surface area contributed by atoms with Gasteiger partial charge in [0.1, 0.15) is 5.50 Å². The van der Waals surface area contributed by atoms with Crippen molar-refractivity contribution >= 4 is 46.6 Å². The Morgan fingerprint density at radius 3 is 2.09 bits per heavy atom. The third-order valence-electron chi connectivity index (χ3n) is 3.51. The van der Waals surface area contributed by atoms with Crippen molar-refractivity contribution in [3.63, 3.8) is 0 Å². The highest BCUT2D eigenvalue weighted by atomic mass is 35.5. The molecular weight excluding hydrogens is 345 g/mol. The molecule has 3 rings (SSSR count). The van der Waals surface area contributed by atoms with Crippen molar-refractivity contribution in [3.8, 4) is 0 Å². The van der Waals surface area contributed by atoms with Crippen molar-refractivity contribution in [1.82, 2.24) is 4.90 Å². The average Bonchev–Trinajstić information content (AvgIpc) is 2.74. The summed E-state index contributed by atoms with van der Waals surface area (Å²) in [6.45, 7) is 0. The number of halogens is 3. The Bertz CT molecular complexity index is 741. The third kappa shape index (κ3) is 2.60. The maximum Gasteiger partial charge on any atom is 0.262 e. The standard InChI is InChI=1S/C16H10Cl3NO2/c17-10-6-5-9(13(18)8-10)7-14(19)20-15(21)11-3-1-2-4-12(11)16(20)22/h1-6,8,14H,7H2. The summed E-state index contributed by atoms with van der Waals surface area (Å²) in [5.41, 5.74) is 0.661. The zero-order valence-electron chi connectivity index (χ0n) is 11.2. The van der Waals surface area contributed by atoms with Crippen molar-refractivity contribution in [2.45, 2.75) is 11.9 Å². The molecule has 6 heteroatoms. The second-order valence-corrected chi connectivity index (χ2v) is 6.25. The van der Waals surface area contributed by atoms with Crippen LogP contribution >= 0.6 is 34.8 Å². The largest absolute Gasteiger partial charge is 0.269 e. The lowest BCUT2D eigenvalue weighted by Gasteiger charge is -2.21. The van der Waals surface area contributed by atoms with Crippen LogP contribution in [0.1, 0.15) is 26.3 Å². The van der Waals surface area contributed by atoms with Crippen LogP contribution in [0.3, 0.4) is 0 Å². The van der Waals surface area contributed by atoms with E-state index in [0.29, 0.717) is 21.2 Å². The smallest absolute Gasteiger partial charge is 0.262 e. The summed E-state index contributed by atoms with van der Waals surface area (Å²) in [7, 11) is 0. The first-order valence-electron chi connectivity index (χ1n) is 6.54. The van der Waals surface area contributed by atoms with Crippen LogP contribution in [0.5, 0.6) is 0 Å². The first-order valence-corrected chi connectivity index (χ1v) is 7.73. The molecule has 1 aliphatic heterocycles. The van der Waals surface area contributed by atoms with Crippen LogP contribution in [0.25, 0.3) is 0 Å². The lowest BCUT2D eigenvalue weighted by molar-refractivity contribution is 0.0634. The van der Waals surface area contributed by atoms with Crippen LogP contribution in [0.2, 0.25) is 10.0 Å². The molecule has 112 valence electrons. The number of benzene rings is 2. The minimum Gasteiger partial charge on any atom is -0.269 e. The normalized spacial score (nSPS) is 15.1. The van der Waals surface area contributed by atoms with E-state index in [9.17, 15) is 9.59 Å². The van der Waals surface area contributed by atoms with Gasteiger partial charge in [0.2, 0.25) is 0 Å². The van der Waals surface area contributed by atoms with Crippen molar-refractivity contribution in [2.24, 2.45) is 0 Å². The molecule has 0 bridgehead atoms. The van der Waals surface area contributed by atoms with Crippen molar-refractivity contribution in [2.75, 3.05) is 0 Å². The van der Waals surface area contributed by atoms with Gasteiger partial charge in [-0.1, -0.05) is 53.0 Å². The van der Waals surface area contributed by atoms with E-state index in [-0.39, 0.29) is 18.2 Å². The molecule has 0 N–H and O–H groups in total. The summed E-state index contributed by atoms with van der Waals surface area (Å²) in [5, 5.41) is 0.968. The summed E-state index contributed by atoms with van der Waals surface area (Å²) in [6, 6.07) is 11.7. The maximum absolute atomic E-state index is 12.3. The van der Waals surface area contributed by atoms with Crippen LogP contribution in [0.4, 0.5) is 0 Å². The predicted molar refractivity (Wildman–Crippen MR) is 86.7 cm³/mol. The lowest BCUT2D eigenvalue weighted by atomic mass is 10.1. The van der Waals surface area contributed by atoms with Gasteiger partial charge in [-0.15, -0.1) is 0 Å². The van der Waals surface area contributed by atoms with Gasteiger partial charge in [0, 0.05) is 16.5 Å². The SMILES string of the molecule is O=C1c2ccccc2C(=O)N1C(Cl)Cc1ccc(Cl)cc1Cl. The number of carbonyl (C=O) groups excluding carboxylic acids is 2. The van der Waals surface area contributed by atoms with Gasteiger partial charge in [-0.25, -0.2) is 0 Å². The first kappa shape index (κ1) is 15.3. The van der Waals surface area contributed by atoms with Gasteiger partial charge in [0.15, 0.2) is 0 Å². The van der Waals surface area contributed by atoms with Crippen LogP contribution in [0, 0.1) is 0 Å². The minimum absolute atomic E-state index is 0.253. The van der Waals surface area contributed by atoms with Gasteiger partial charge >= 0.3 is 0 Å². The van der Waals surface area contributed by atoms with Crippen LogP contribution < -0.4 is 0 Å². The zero-order chi connectivity index (χ0) is 15.9. The molecule has 0 radical (unpaired) electrons. The number of amides is 2. The molecule has 0 saturated carbocycles. The molecular formula is C16H10Cl3NO2. The van der Waals surface area contributed by atoms with E-state index in [0.717, 1.165) is 10.5 Å². The molecule has 2 amide bonds. The fraction of sp³-hybridized carbons (Fsp3) is 0.125. The number of nitrogens with zero attached hydrogens (tertiary/aromatic N) is 1. The molecule has 0 fully saturated rings. The summed E-state index contributed by atoms with van der Waals surface area (Å²) in [6.07, 6.45) is 0.253. The van der Waals surface area contributed by atoms with E-state index in [2.05, 4.69) is 0 Å². The van der Waals surface area contributed by atoms with Gasteiger partial charge in [-0.05, 0) is 29.8 Å². The summed E-state index contributed by atoms with van der Waals surface area (Å²) >= 11 is 18.3. The van der Waals surface area contributed by atoms with Crippen molar-refractivity contribution in [3.05, 3.63) is 69.2 Å². The lowest BCUT2D eigenvalue weighted by Crippen LogP contribution is -2.37. The maximum atomic E-state index is 12.3. The molecule has 2 aromatic rings. The summed E-state index contributed by atoms with van der Waals surface area (Å²) in [4.78, 5) is 25.8. The third-order valence-corrected chi connectivity index (χ3v) is 4.45. The van der Waals surface area contributed by atoms with Gasteiger partial charge < -0.3 is 0 Å². The minimum atomic E-state index is -0.814. The fourth-order valence-corrected chi connectivity index (χ4v) is 3.25. The molecule has 0 saturated heterocycles. The van der Waals surface area contributed by atoms with Gasteiger partial charge in [-0.3, -0.25) is 14.5 Å². The van der Waals surface area contributed by atoms with Crippen LogP contribution in [-0.2, 0) is 6.42 Å². The number of carbonyl (C=O) groups is 2. The Morgan fingerprint density at radius 1 is 0.955 bits per heavy atom. The van der Waals surface area contributed by atoms with E-state index in [4.69, 9.17) is 34.8 Å².